The summed E-state index contributed by atoms with van der Waals surface area (Å²) in [6.45, 7) is 8.29. The van der Waals surface area contributed by atoms with Crippen molar-refractivity contribution in [3.63, 3.8) is 0 Å². The lowest BCUT2D eigenvalue weighted by atomic mass is 10.0. The maximum Gasteiger partial charge on any atom is 0.0564 e. The topological polar surface area (TPSA) is 35.5 Å². The highest BCUT2D eigenvalue weighted by molar-refractivity contribution is 5.45. The first-order valence-electron chi connectivity index (χ1n) is 8.66. The Hall–Kier alpha value is -2.14. The van der Waals surface area contributed by atoms with E-state index in [-0.39, 0.29) is 5.54 Å². The molecule has 0 N–H and O–H groups in total. The van der Waals surface area contributed by atoms with Crippen LogP contribution in [0.25, 0.3) is 0 Å². The SMILES string of the molecule is CN(C)c1ccnc(CN(Cc2cc(N(C)C)ccn2)C(C)(C)C)c1. The Bertz CT molecular complexity index is 635. The average Bonchev–Trinajstić information content (AvgIpc) is 2.54. The molecule has 0 aromatic carbocycles. The van der Waals surface area contributed by atoms with Crippen molar-refractivity contribution in [3.8, 4) is 0 Å². The molecule has 5 nitrogen and oxygen atoms in total. The van der Waals surface area contributed by atoms with Crippen LogP contribution in [0.5, 0.6) is 0 Å². The number of aromatic nitrogens is 2. The number of anilines is 2. The van der Waals surface area contributed by atoms with Gasteiger partial charge in [0.05, 0.1) is 11.4 Å². The lowest BCUT2D eigenvalue weighted by Gasteiger charge is -2.35. The van der Waals surface area contributed by atoms with E-state index in [9.17, 15) is 0 Å². The maximum atomic E-state index is 4.57. The Morgan fingerprint density at radius 2 is 1.16 bits per heavy atom. The van der Waals surface area contributed by atoms with Crippen LogP contribution in [0.15, 0.2) is 36.7 Å². The number of rotatable bonds is 6. The van der Waals surface area contributed by atoms with Crippen LogP contribution in [0.4, 0.5) is 11.4 Å². The lowest BCUT2D eigenvalue weighted by molar-refractivity contribution is 0.115. The monoisotopic (exact) mass is 341 g/mol. The minimum atomic E-state index is 0.0194. The van der Waals surface area contributed by atoms with Crippen molar-refractivity contribution in [2.75, 3.05) is 38.0 Å². The van der Waals surface area contributed by atoms with Gasteiger partial charge in [-0.3, -0.25) is 14.9 Å². The molecule has 136 valence electrons. The third-order valence-corrected chi connectivity index (χ3v) is 4.29. The zero-order valence-electron chi connectivity index (χ0n) is 16.6. The molecule has 2 aromatic heterocycles. The summed E-state index contributed by atoms with van der Waals surface area (Å²) in [4.78, 5) is 15.8. The summed E-state index contributed by atoms with van der Waals surface area (Å²) in [6, 6.07) is 8.38. The Balaban J connectivity index is 2.23. The molecule has 0 aliphatic carbocycles. The predicted octanol–water partition coefficient (Wildman–Crippen LogP) is 3.41. The Kier molecular flexibility index (Phi) is 6.01. The van der Waals surface area contributed by atoms with Gasteiger partial charge in [0.2, 0.25) is 0 Å². The molecule has 2 aromatic rings. The molecule has 5 heteroatoms. The minimum absolute atomic E-state index is 0.0194. The molecule has 0 spiro atoms. The summed E-state index contributed by atoms with van der Waals surface area (Å²) in [5.41, 5.74) is 4.51. The van der Waals surface area contributed by atoms with Gasteiger partial charge in [0.25, 0.3) is 0 Å². The van der Waals surface area contributed by atoms with Crippen LogP contribution in [0.1, 0.15) is 32.2 Å². The van der Waals surface area contributed by atoms with Gasteiger partial charge in [-0.15, -0.1) is 0 Å². The molecular weight excluding hydrogens is 310 g/mol. The van der Waals surface area contributed by atoms with Crippen molar-refractivity contribution in [1.29, 1.82) is 0 Å². The largest absolute Gasteiger partial charge is 0.378 e. The maximum absolute atomic E-state index is 4.57. The fourth-order valence-corrected chi connectivity index (χ4v) is 2.58. The zero-order chi connectivity index (χ0) is 18.6. The molecule has 0 saturated carbocycles. The first-order valence-corrected chi connectivity index (χ1v) is 8.66. The number of hydrogen-bond donors (Lipinski definition) is 0. The van der Waals surface area contributed by atoms with E-state index < -0.39 is 0 Å². The van der Waals surface area contributed by atoms with Gasteiger partial charge in [-0.05, 0) is 45.0 Å². The van der Waals surface area contributed by atoms with Gasteiger partial charge in [-0.2, -0.15) is 0 Å². The van der Waals surface area contributed by atoms with E-state index >= 15 is 0 Å². The van der Waals surface area contributed by atoms with E-state index in [1.54, 1.807) is 0 Å². The van der Waals surface area contributed by atoms with Crippen molar-refractivity contribution >= 4 is 11.4 Å². The second kappa shape index (κ2) is 7.83. The summed E-state index contributed by atoms with van der Waals surface area (Å²) in [5.74, 6) is 0. The van der Waals surface area contributed by atoms with Crippen LogP contribution in [-0.2, 0) is 13.1 Å². The summed E-state index contributed by atoms with van der Waals surface area (Å²) < 4.78 is 0. The molecule has 2 heterocycles. The highest BCUT2D eigenvalue weighted by Crippen LogP contribution is 2.22. The van der Waals surface area contributed by atoms with E-state index in [4.69, 9.17) is 0 Å². The lowest BCUT2D eigenvalue weighted by Crippen LogP contribution is -2.40. The van der Waals surface area contributed by atoms with E-state index in [1.807, 2.05) is 24.5 Å². The van der Waals surface area contributed by atoms with Crippen LogP contribution in [0.2, 0.25) is 0 Å². The third kappa shape index (κ3) is 5.43. The molecule has 0 atom stereocenters. The van der Waals surface area contributed by atoms with Crippen molar-refractivity contribution in [2.45, 2.75) is 39.4 Å². The average molecular weight is 342 g/mol. The molecule has 2 rings (SSSR count). The molecule has 0 aliphatic heterocycles. The van der Waals surface area contributed by atoms with Crippen molar-refractivity contribution in [1.82, 2.24) is 14.9 Å². The number of nitrogens with zero attached hydrogens (tertiary/aromatic N) is 5. The van der Waals surface area contributed by atoms with Gasteiger partial charge in [0.1, 0.15) is 0 Å². The van der Waals surface area contributed by atoms with Crippen LogP contribution in [-0.4, -0.2) is 48.6 Å². The second-order valence-electron chi connectivity index (χ2n) is 7.83. The summed E-state index contributed by atoms with van der Waals surface area (Å²) in [5, 5.41) is 0. The van der Waals surface area contributed by atoms with Gasteiger partial charge in [-0.25, -0.2) is 0 Å². The number of pyridine rings is 2. The molecule has 0 radical (unpaired) electrons. The first kappa shape index (κ1) is 19.2. The fraction of sp³-hybridized carbons (Fsp3) is 0.500. The molecular formula is C20H31N5. The molecule has 0 saturated heterocycles. The minimum Gasteiger partial charge on any atom is -0.378 e. The van der Waals surface area contributed by atoms with Gasteiger partial charge in [0.15, 0.2) is 0 Å². The van der Waals surface area contributed by atoms with Crippen LogP contribution < -0.4 is 9.80 Å². The van der Waals surface area contributed by atoms with Gasteiger partial charge in [-0.1, -0.05) is 0 Å². The molecule has 0 bridgehead atoms. The predicted molar refractivity (Wildman–Crippen MR) is 106 cm³/mol. The van der Waals surface area contributed by atoms with Gasteiger partial charge in [0, 0.05) is 70.6 Å². The highest BCUT2D eigenvalue weighted by atomic mass is 15.2. The number of hydrogen-bond acceptors (Lipinski definition) is 5. The smallest absolute Gasteiger partial charge is 0.0564 e. The highest BCUT2D eigenvalue weighted by Gasteiger charge is 2.23. The quantitative estimate of drug-likeness (QED) is 0.804. The molecule has 0 amide bonds. The first-order chi connectivity index (χ1) is 11.7. The second-order valence-corrected chi connectivity index (χ2v) is 7.83. The molecule has 0 fully saturated rings. The van der Waals surface area contributed by atoms with E-state index in [1.165, 1.54) is 11.4 Å². The normalized spacial score (nSPS) is 11.7. The Labute approximate surface area is 152 Å². The molecule has 0 aliphatic rings. The van der Waals surface area contributed by atoms with Crippen LogP contribution >= 0.6 is 0 Å². The summed E-state index contributed by atoms with van der Waals surface area (Å²) in [7, 11) is 8.21. The van der Waals surface area contributed by atoms with Crippen molar-refractivity contribution < 1.29 is 0 Å². The molecule has 25 heavy (non-hydrogen) atoms. The standard InChI is InChI=1S/C20H31N5/c1-20(2,3)25(14-16-12-18(23(4)5)8-10-21-16)15-17-13-19(24(6)7)9-11-22-17/h8-13H,14-15H2,1-7H3. The van der Waals surface area contributed by atoms with Crippen LogP contribution in [0, 0.1) is 0 Å². The Morgan fingerprint density at radius 3 is 1.48 bits per heavy atom. The third-order valence-electron chi connectivity index (χ3n) is 4.29. The fourth-order valence-electron chi connectivity index (χ4n) is 2.58. The van der Waals surface area contributed by atoms with E-state index in [0.717, 1.165) is 24.5 Å². The van der Waals surface area contributed by atoms with Gasteiger partial charge < -0.3 is 9.80 Å². The van der Waals surface area contributed by atoms with E-state index in [2.05, 4.69) is 85.8 Å². The van der Waals surface area contributed by atoms with Crippen molar-refractivity contribution in [2.24, 2.45) is 0 Å². The molecule has 0 unspecified atom stereocenters. The van der Waals surface area contributed by atoms with Crippen molar-refractivity contribution in [3.05, 3.63) is 48.0 Å². The van der Waals surface area contributed by atoms with Crippen LogP contribution in [0.3, 0.4) is 0 Å². The zero-order valence-corrected chi connectivity index (χ0v) is 16.6. The summed E-state index contributed by atoms with van der Waals surface area (Å²) >= 11 is 0. The van der Waals surface area contributed by atoms with Gasteiger partial charge >= 0.3 is 0 Å². The summed E-state index contributed by atoms with van der Waals surface area (Å²) in [6.07, 6.45) is 3.77. The Morgan fingerprint density at radius 1 is 0.760 bits per heavy atom. The van der Waals surface area contributed by atoms with E-state index in [0.29, 0.717) is 0 Å².